The molecule has 12 heavy (non-hydrogen) atoms. The van der Waals surface area contributed by atoms with E-state index in [-0.39, 0.29) is 5.92 Å². The molecule has 1 nitrogen and oxygen atoms in total. The number of hydrogen-bond acceptors (Lipinski definition) is 1. The molecule has 0 spiro atoms. The maximum atomic E-state index is 8.60. The summed E-state index contributed by atoms with van der Waals surface area (Å²) in [5, 5.41) is 8.60. The third-order valence-electron chi connectivity index (χ3n) is 1.88. The Hall–Kier alpha value is -1.29. The second kappa shape index (κ2) is 3.92. The molecule has 0 fully saturated rings. The van der Waals surface area contributed by atoms with Gasteiger partial charge in [-0.15, -0.1) is 0 Å². The summed E-state index contributed by atoms with van der Waals surface area (Å²) in [5.74, 6) is 0.118. The molecule has 0 saturated carbocycles. The molecule has 0 aromatic heterocycles. The third kappa shape index (κ3) is 2.39. The van der Waals surface area contributed by atoms with Crippen molar-refractivity contribution < 1.29 is 0 Å². The fourth-order valence-corrected chi connectivity index (χ4v) is 1.12. The lowest BCUT2D eigenvalue weighted by molar-refractivity contribution is 0.739. The zero-order valence-electron chi connectivity index (χ0n) is 7.54. The summed E-state index contributed by atoms with van der Waals surface area (Å²) in [7, 11) is 0. The van der Waals surface area contributed by atoms with Crippen molar-refractivity contribution in [2.45, 2.75) is 20.3 Å². The lowest BCUT2D eigenvalue weighted by Gasteiger charge is -2.02. The van der Waals surface area contributed by atoms with Gasteiger partial charge in [-0.3, -0.25) is 0 Å². The predicted molar refractivity (Wildman–Crippen MR) is 49.7 cm³/mol. The van der Waals surface area contributed by atoms with E-state index in [9.17, 15) is 0 Å². The smallest absolute Gasteiger partial charge is 0.0656 e. The van der Waals surface area contributed by atoms with Crippen LogP contribution >= 0.6 is 0 Å². The summed E-state index contributed by atoms with van der Waals surface area (Å²) in [6, 6.07) is 10.6. The van der Waals surface area contributed by atoms with Gasteiger partial charge in [0.1, 0.15) is 0 Å². The Bertz CT molecular complexity index is 279. The van der Waals surface area contributed by atoms with Crippen LogP contribution in [0.5, 0.6) is 0 Å². The third-order valence-corrected chi connectivity index (χ3v) is 1.88. The van der Waals surface area contributed by atoms with Crippen LogP contribution in [0.3, 0.4) is 0 Å². The molecule has 1 aromatic carbocycles. The monoisotopic (exact) mass is 159 g/mol. The van der Waals surface area contributed by atoms with Gasteiger partial charge in [-0.2, -0.15) is 5.26 Å². The minimum absolute atomic E-state index is 0.118. The molecule has 0 radical (unpaired) electrons. The van der Waals surface area contributed by atoms with Crippen LogP contribution in [0.15, 0.2) is 24.3 Å². The van der Waals surface area contributed by atoms with E-state index in [0.717, 1.165) is 6.42 Å². The fourth-order valence-electron chi connectivity index (χ4n) is 1.12. The van der Waals surface area contributed by atoms with E-state index in [0.29, 0.717) is 0 Å². The summed E-state index contributed by atoms with van der Waals surface area (Å²) in [4.78, 5) is 0. The maximum absolute atomic E-state index is 8.60. The summed E-state index contributed by atoms with van der Waals surface area (Å²) >= 11 is 0. The minimum Gasteiger partial charge on any atom is -0.198 e. The highest BCUT2D eigenvalue weighted by Crippen LogP contribution is 2.08. The van der Waals surface area contributed by atoms with Crippen LogP contribution in [-0.2, 0) is 6.42 Å². The van der Waals surface area contributed by atoms with Crippen molar-refractivity contribution in [1.82, 2.24) is 0 Å². The van der Waals surface area contributed by atoms with Crippen LogP contribution in [0.2, 0.25) is 0 Å². The first-order chi connectivity index (χ1) is 5.72. The average Bonchev–Trinajstić information content (AvgIpc) is 2.09. The van der Waals surface area contributed by atoms with E-state index >= 15 is 0 Å². The van der Waals surface area contributed by atoms with Gasteiger partial charge in [-0.1, -0.05) is 29.8 Å². The standard InChI is InChI=1S/C11H13N/c1-9-3-5-11(6-4-9)7-10(2)8-12/h3-6,10H,7H2,1-2H3. The van der Waals surface area contributed by atoms with Crippen molar-refractivity contribution in [3.05, 3.63) is 35.4 Å². The molecule has 1 aromatic rings. The van der Waals surface area contributed by atoms with Gasteiger partial charge < -0.3 is 0 Å². The first-order valence-electron chi connectivity index (χ1n) is 4.17. The zero-order valence-corrected chi connectivity index (χ0v) is 7.54. The fraction of sp³-hybridized carbons (Fsp3) is 0.364. The lowest BCUT2D eigenvalue weighted by atomic mass is 10.0. The van der Waals surface area contributed by atoms with E-state index in [1.54, 1.807) is 0 Å². The normalized spacial score (nSPS) is 12.1. The van der Waals surface area contributed by atoms with E-state index in [4.69, 9.17) is 5.26 Å². The average molecular weight is 159 g/mol. The van der Waals surface area contributed by atoms with Crippen LogP contribution in [0.25, 0.3) is 0 Å². The Balaban J connectivity index is 2.66. The summed E-state index contributed by atoms with van der Waals surface area (Å²) in [5.41, 5.74) is 2.51. The first kappa shape index (κ1) is 8.80. The maximum Gasteiger partial charge on any atom is 0.0656 e. The Kier molecular flexibility index (Phi) is 2.88. The number of nitrogens with zero attached hydrogens (tertiary/aromatic N) is 1. The number of rotatable bonds is 2. The van der Waals surface area contributed by atoms with Crippen LogP contribution in [0.1, 0.15) is 18.1 Å². The quantitative estimate of drug-likeness (QED) is 0.650. The Labute approximate surface area is 73.6 Å². The van der Waals surface area contributed by atoms with Crippen molar-refractivity contribution >= 4 is 0 Å². The van der Waals surface area contributed by atoms with Crippen LogP contribution in [0, 0.1) is 24.2 Å². The molecule has 1 heteroatoms. The van der Waals surface area contributed by atoms with Crippen LogP contribution in [0.4, 0.5) is 0 Å². The molecule has 0 bridgehead atoms. The van der Waals surface area contributed by atoms with E-state index in [1.165, 1.54) is 11.1 Å². The molecule has 0 aliphatic rings. The SMILES string of the molecule is Cc1ccc(CC(C)C#N)cc1. The molecule has 0 saturated heterocycles. The Morgan fingerprint density at radius 3 is 2.42 bits per heavy atom. The molecule has 0 aliphatic carbocycles. The minimum atomic E-state index is 0.118. The number of benzene rings is 1. The molecule has 62 valence electrons. The lowest BCUT2D eigenvalue weighted by Crippen LogP contribution is -1.95. The van der Waals surface area contributed by atoms with Gasteiger partial charge >= 0.3 is 0 Å². The number of hydrogen-bond donors (Lipinski definition) is 0. The summed E-state index contributed by atoms with van der Waals surface area (Å²) in [6.07, 6.45) is 0.858. The summed E-state index contributed by atoms with van der Waals surface area (Å²) in [6.45, 7) is 4.01. The van der Waals surface area contributed by atoms with Gasteiger partial charge in [0.25, 0.3) is 0 Å². The molecular formula is C11H13N. The second-order valence-corrected chi connectivity index (χ2v) is 3.22. The van der Waals surface area contributed by atoms with Gasteiger partial charge in [0, 0.05) is 5.92 Å². The van der Waals surface area contributed by atoms with Crippen molar-refractivity contribution in [2.24, 2.45) is 5.92 Å². The Morgan fingerprint density at radius 1 is 1.33 bits per heavy atom. The molecule has 0 N–H and O–H groups in total. The molecule has 1 atom stereocenters. The molecule has 1 unspecified atom stereocenters. The van der Waals surface area contributed by atoms with Crippen molar-refractivity contribution in [3.63, 3.8) is 0 Å². The van der Waals surface area contributed by atoms with Gasteiger partial charge in [0.15, 0.2) is 0 Å². The highest BCUT2D eigenvalue weighted by molar-refractivity contribution is 5.22. The van der Waals surface area contributed by atoms with Gasteiger partial charge in [0.05, 0.1) is 6.07 Å². The first-order valence-corrected chi connectivity index (χ1v) is 4.17. The topological polar surface area (TPSA) is 23.8 Å². The molecular weight excluding hydrogens is 146 g/mol. The van der Waals surface area contributed by atoms with E-state index in [2.05, 4.69) is 37.3 Å². The largest absolute Gasteiger partial charge is 0.198 e. The second-order valence-electron chi connectivity index (χ2n) is 3.22. The highest BCUT2D eigenvalue weighted by atomic mass is 14.3. The van der Waals surface area contributed by atoms with Gasteiger partial charge in [0.2, 0.25) is 0 Å². The molecule has 0 amide bonds. The molecule has 1 rings (SSSR count). The van der Waals surface area contributed by atoms with Gasteiger partial charge in [-0.05, 0) is 25.8 Å². The van der Waals surface area contributed by atoms with Crippen molar-refractivity contribution in [1.29, 1.82) is 5.26 Å². The Morgan fingerprint density at radius 2 is 1.92 bits per heavy atom. The van der Waals surface area contributed by atoms with E-state index < -0.39 is 0 Å². The number of aryl methyl sites for hydroxylation is 1. The zero-order chi connectivity index (χ0) is 8.97. The molecule has 0 heterocycles. The van der Waals surface area contributed by atoms with Gasteiger partial charge in [-0.25, -0.2) is 0 Å². The van der Waals surface area contributed by atoms with Crippen molar-refractivity contribution in [3.8, 4) is 6.07 Å². The number of nitriles is 1. The summed E-state index contributed by atoms with van der Waals surface area (Å²) < 4.78 is 0. The highest BCUT2D eigenvalue weighted by Gasteiger charge is 2.00. The predicted octanol–water partition coefficient (Wildman–Crippen LogP) is 2.70. The van der Waals surface area contributed by atoms with E-state index in [1.807, 2.05) is 6.92 Å². The van der Waals surface area contributed by atoms with Crippen LogP contribution in [-0.4, -0.2) is 0 Å². The molecule has 0 aliphatic heterocycles. The van der Waals surface area contributed by atoms with Crippen LogP contribution < -0.4 is 0 Å². The van der Waals surface area contributed by atoms with Crippen molar-refractivity contribution in [2.75, 3.05) is 0 Å².